The molecule has 0 heterocycles. The monoisotopic (exact) mass is 222 g/mol. The van der Waals surface area contributed by atoms with E-state index in [2.05, 4.69) is 0 Å². The fourth-order valence-electron chi connectivity index (χ4n) is 0.973. The zero-order valence-corrected chi connectivity index (χ0v) is 8.24. The van der Waals surface area contributed by atoms with Gasteiger partial charge in [0.2, 0.25) is 0 Å². The number of halogens is 3. The number of hydrogen-bond acceptors (Lipinski definition) is 2. The summed E-state index contributed by atoms with van der Waals surface area (Å²) < 4.78 is 12.9. The van der Waals surface area contributed by atoms with Gasteiger partial charge in [0.15, 0.2) is 0 Å². The summed E-state index contributed by atoms with van der Waals surface area (Å²) in [5.74, 6) is -0.465. The van der Waals surface area contributed by atoms with Gasteiger partial charge in [-0.15, -0.1) is 0 Å². The number of benzene rings is 1. The van der Waals surface area contributed by atoms with Crippen molar-refractivity contribution in [1.29, 1.82) is 0 Å². The Labute approximate surface area is 85.6 Å². The van der Waals surface area contributed by atoms with E-state index in [1.54, 1.807) is 0 Å². The van der Waals surface area contributed by atoms with E-state index < -0.39 is 11.9 Å². The molecule has 4 N–H and O–H groups in total. The number of hydrogen-bond donors (Lipinski definition) is 2. The summed E-state index contributed by atoms with van der Waals surface area (Å²) in [4.78, 5) is 0. The van der Waals surface area contributed by atoms with Crippen LogP contribution in [-0.4, -0.2) is 6.54 Å². The zero-order valence-electron chi connectivity index (χ0n) is 6.73. The molecule has 1 rings (SSSR count). The lowest BCUT2D eigenvalue weighted by Crippen LogP contribution is -2.21. The summed E-state index contributed by atoms with van der Waals surface area (Å²) in [6, 6.07) is 1.89. The van der Waals surface area contributed by atoms with Crippen LogP contribution in [0.15, 0.2) is 12.1 Å². The van der Waals surface area contributed by atoms with Gasteiger partial charge in [-0.3, -0.25) is 0 Å². The van der Waals surface area contributed by atoms with Crippen LogP contribution in [-0.2, 0) is 0 Å². The molecule has 72 valence electrons. The lowest BCUT2D eigenvalue weighted by Gasteiger charge is -2.12. The fraction of sp³-hybridized carbons (Fsp3) is 0.250. The molecule has 0 amide bonds. The Hall–Kier alpha value is -0.350. The molecule has 0 aromatic heterocycles. The van der Waals surface area contributed by atoms with Gasteiger partial charge >= 0.3 is 0 Å². The van der Waals surface area contributed by atoms with E-state index in [9.17, 15) is 4.39 Å². The smallest absolute Gasteiger partial charge is 0.125 e. The van der Waals surface area contributed by atoms with E-state index in [0.29, 0.717) is 5.56 Å². The van der Waals surface area contributed by atoms with Gasteiger partial charge < -0.3 is 11.5 Å². The van der Waals surface area contributed by atoms with Crippen molar-refractivity contribution >= 4 is 23.2 Å². The minimum atomic E-state index is -0.485. The third-order valence-electron chi connectivity index (χ3n) is 1.67. The van der Waals surface area contributed by atoms with Gasteiger partial charge in [0.25, 0.3) is 0 Å². The molecule has 0 spiro atoms. The maximum atomic E-state index is 12.9. The molecular formula is C8H9Cl2FN2. The Morgan fingerprint density at radius 1 is 1.38 bits per heavy atom. The Kier molecular flexibility index (Phi) is 3.50. The van der Waals surface area contributed by atoms with E-state index in [4.69, 9.17) is 34.7 Å². The lowest BCUT2D eigenvalue weighted by atomic mass is 10.1. The van der Waals surface area contributed by atoms with E-state index in [0.717, 1.165) is 6.07 Å². The molecule has 2 nitrogen and oxygen atoms in total. The van der Waals surface area contributed by atoms with Crippen LogP contribution in [0, 0.1) is 5.82 Å². The highest BCUT2D eigenvalue weighted by molar-refractivity contribution is 6.42. The summed E-state index contributed by atoms with van der Waals surface area (Å²) in [5, 5.41) is 0.418. The maximum Gasteiger partial charge on any atom is 0.125 e. The van der Waals surface area contributed by atoms with Crippen molar-refractivity contribution in [3.63, 3.8) is 0 Å². The van der Waals surface area contributed by atoms with Gasteiger partial charge in [0.05, 0.1) is 10.0 Å². The third-order valence-corrected chi connectivity index (χ3v) is 2.49. The fourth-order valence-corrected chi connectivity index (χ4v) is 1.44. The first-order valence-corrected chi connectivity index (χ1v) is 4.42. The first-order chi connectivity index (χ1) is 6.06. The first kappa shape index (κ1) is 10.7. The molecule has 13 heavy (non-hydrogen) atoms. The highest BCUT2D eigenvalue weighted by atomic mass is 35.5. The van der Waals surface area contributed by atoms with Crippen LogP contribution in [0.4, 0.5) is 4.39 Å². The van der Waals surface area contributed by atoms with Gasteiger partial charge in [-0.1, -0.05) is 23.2 Å². The molecule has 1 unspecified atom stereocenters. The van der Waals surface area contributed by atoms with Crippen molar-refractivity contribution in [3.8, 4) is 0 Å². The molecule has 0 saturated carbocycles. The zero-order chi connectivity index (χ0) is 10.0. The van der Waals surface area contributed by atoms with Crippen LogP contribution >= 0.6 is 23.2 Å². The molecule has 0 aliphatic carbocycles. The second kappa shape index (κ2) is 4.24. The summed E-state index contributed by atoms with van der Waals surface area (Å²) in [6.07, 6.45) is 0. The Balaban J connectivity index is 3.20. The van der Waals surface area contributed by atoms with Crippen molar-refractivity contribution in [2.75, 3.05) is 6.54 Å². The minimum absolute atomic E-state index is 0.153. The van der Waals surface area contributed by atoms with Crippen LogP contribution < -0.4 is 11.5 Å². The molecule has 0 aliphatic heterocycles. The molecule has 0 fully saturated rings. The van der Waals surface area contributed by atoms with Gasteiger partial charge in [0.1, 0.15) is 5.82 Å². The molecule has 0 radical (unpaired) electrons. The minimum Gasteiger partial charge on any atom is -0.329 e. The second-order valence-electron chi connectivity index (χ2n) is 2.63. The average molecular weight is 223 g/mol. The van der Waals surface area contributed by atoms with Crippen LogP contribution in [0.2, 0.25) is 10.0 Å². The van der Waals surface area contributed by atoms with Crippen LogP contribution in [0.3, 0.4) is 0 Å². The van der Waals surface area contributed by atoms with E-state index in [-0.39, 0.29) is 16.6 Å². The Bertz CT molecular complexity index is 317. The van der Waals surface area contributed by atoms with Crippen molar-refractivity contribution in [1.82, 2.24) is 0 Å². The highest BCUT2D eigenvalue weighted by Crippen LogP contribution is 2.29. The molecule has 1 atom stereocenters. The van der Waals surface area contributed by atoms with Gasteiger partial charge in [-0.05, 0) is 17.7 Å². The Morgan fingerprint density at radius 2 is 2.00 bits per heavy atom. The lowest BCUT2D eigenvalue weighted by molar-refractivity contribution is 0.620. The summed E-state index contributed by atoms with van der Waals surface area (Å²) in [5.41, 5.74) is 11.4. The first-order valence-electron chi connectivity index (χ1n) is 3.66. The van der Waals surface area contributed by atoms with Crippen molar-refractivity contribution in [2.45, 2.75) is 6.04 Å². The molecule has 0 aliphatic rings. The topological polar surface area (TPSA) is 52.0 Å². The van der Waals surface area contributed by atoms with Crippen LogP contribution in [0.1, 0.15) is 11.6 Å². The van der Waals surface area contributed by atoms with Crippen molar-refractivity contribution < 1.29 is 4.39 Å². The van der Waals surface area contributed by atoms with Crippen molar-refractivity contribution in [2.24, 2.45) is 11.5 Å². The molecule has 5 heteroatoms. The summed E-state index contributed by atoms with van der Waals surface area (Å²) >= 11 is 11.5. The third kappa shape index (κ3) is 2.31. The second-order valence-corrected chi connectivity index (χ2v) is 3.42. The summed E-state index contributed by atoms with van der Waals surface area (Å²) in [6.45, 7) is 0.194. The predicted molar refractivity (Wildman–Crippen MR) is 52.4 cm³/mol. The van der Waals surface area contributed by atoms with Gasteiger partial charge in [-0.2, -0.15) is 0 Å². The largest absolute Gasteiger partial charge is 0.329 e. The van der Waals surface area contributed by atoms with Crippen LogP contribution in [0.5, 0.6) is 0 Å². The van der Waals surface area contributed by atoms with Crippen LogP contribution in [0.25, 0.3) is 0 Å². The molecule has 0 saturated heterocycles. The normalized spacial score (nSPS) is 13.0. The quantitative estimate of drug-likeness (QED) is 0.754. The summed E-state index contributed by atoms with van der Waals surface area (Å²) in [7, 11) is 0. The molecular weight excluding hydrogens is 214 g/mol. The highest BCUT2D eigenvalue weighted by Gasteiger charge is 2.12. The van der Waals surface area contributed by atoms with Gasteiger partial charge in [-0.25, -0.2) is 4.39 Å². The van der Waals surface area contributed by atoms with E-state index in [1.807, 2.05) is 0 Å². The standard InChI is InChI=1S/C8H9Cl2FN2/c9-6-2-4(11)1-5(8(6)10)7(13)3-12/h1-2,7H,3,12-13H2. The van der Waals surface area contributed by atoms with Crippen molar-refractivity contribution in [3.05, 3.63) is 33.6 Å². The SMILES string of the molecule is NCC(N)c1cc(F)cc(Cl)c1Cl. The Morgan fingerprint density at radius 3 is 2.54 bits per heavy atom. The van der Waals surface area contributed by atoms with E-state index >= 15 is 0 Å². The maximum absolute atomic E-state index is 12.9. The van der Waals surface area contributed by atoms with E-state index in [1.165, 1.54) is 6.07 Å². The predicted octanol–water partition coefficient (Wildman–Crippen LogP) is 2.09. The molecule has 1 aromatic carbocycles. The number of nitrogens with two attached hydrogens (primary N) is 2. The molecule has 1 aromatic rings. The molecule has 0 bridgehead atoms. The number of rotatable bonds is 2. The average Bonchev–Trinajstić information content (AvgIpc) is 2.10. The van der Waals surface area contributed by atoms with Gasteiger partial charge in [0, 0.05) is 12.6 Å².